The van der Waals surface area contributed by atoms with Crippen LogP contribution in [0.3, 0.4) is 0 Å². The van der Waals surface area contributed by atoms with Crippen LogP contribution >= 0.6 is 12.4 Å². The van der Waals surface area contributed by atoms with Crippen LogP contribution < -0.4 is 10.6 Å². The molecule has 0 bridgehead atoms. The highest BCUT2D eigenvalue weighted by Crippen LogP contribution is 2.22. The van der Waals surface area contributed by atoms with Crippen molar-refractivity contribution in [2.45, 2.75) is 13.0 Å². The van der Waals surface area contributed by atoms with E-state index in [9.17, 15) is 9.18 Å². The molecule has 1 fully saturated rings. The fraction of sp³-hybridized carbons (Fsp3) is 0.316. The Kier molecular flexibility index (Phi) is 7.03. The highest BCUT2D eigenvalue weighted by atomic mass is 35.5. The molecule has 0 spiro atoms. The van der Waals surface area contributed by atoms with Gasteiger partial charge in [-0.05, 0) is 47.2 Å². The lowest BCUT2D eigenvalue weighted by molar-refractivity contribution is -0.118. The lowest BCUT2D eigenvalue weighted by Crippen LogP contribution is -2.48. The third-order valence-corrected chi connectivity index (χ3v) is 4.86. The van der Waals surface area contributed by atoms with Crippen LogP contribution in [0.25, 0.3) is 5.69 Å². The van der Waals surface area contributed by atoms with Gasteiger partial charge in [-0.3, -0.25) is 14.7 Å². The average Bonchev–Trinajstić information content (AvgIpc) is 3.16. The van der Waals surface area contributed by atoms with E-state index < -0.39 is 5.82 Å². The average molecular weight is 433 g/mol. The smallest absolute Gasteiger partial charge is 0.238 e. The van der Waals surface area contributed by atoms with Crippen molar-refractivity contribution in [3.63, 3.8) is 0 Å². The third kappa shape index (κ3) is 4.78. The van der Waals surface area contributed by atoms with Crippen LogP contribution in [-0.2, 0) is 4.79 Å². The first-order chi connectivity index (χ1) is 14.1. The summed E-state index contributed by atoms with van der Waals surface area (Å²) in [6.07, 6.45) is 3.53. The molecule has 1 saturated heterocycles. The van der Waals surface area contributed by atoms with E-state index in [4.69, 9.17) is 0 Å². The molecule has 3 heterocycles. The fourth-order valence-corrected chi connectivity index (χ4v) is 3.42. The van der Waals surface area contributed by atoms with Crippen molar-refractivity contribution in [3.8, 4) is 5.69 Å². The van der Waals surface area contributed by atoms with E-state index in [-0.39, 0.29) is 36.6 Å². The number of tetrazole rings is 1. The topological polar surface area (TPSA) is 101 Å². The summed E-state index contributed by atoms with van der Waals surface area (Å²) in [5.41, 5.74) is 1.70. The van der Waals surface area contributed by atoms with Crippen LogP contribution in [0.15, 0.2) is 42.7 Å². The molecule has 3 aromatic rings. The molecular weight excluding hydrogens is 411 g/mol. The Hall–Kier alpha value is -2.95. The Labute approximate surface area is 179 Å². The molecule has 30 heavy (non-hydrogen) atoms. The van der Waals surface area contributed by atoms with Crippen molar-refractivity contribution in [3.05, 3.63) is 59.9 Å². The summed E-state index contributed by atoms with van der Waals surface area (Å²) in [6, 6.07) is 8.27. The molecule has 0 radical (unpaired) electrons. The zero-order chi connectivity index (χ0) is 20.2. The minimum Gasteiger partial charge on any atom is -0.322 e. The van der Waals surface area contributed by atoms with E-state index >= 15 is 0 Å². The number of benzene rings is 1. The first kappa shape index (κ1) is 21.8. The summed E-state index contributed by atoms with van der Waals surface area (Å²) in [5, 5.41) is 17.3. The molecule has 1 atom stereocenters. The normalized spacial score (nSPS) is 16.7. The quantitative estimate of drug-likeness (QED) is 0.630. The molecule has 2 N–H and O–H groups in total. The summed E-state index contributed by atoms with van der Waals surface area (Å²) in [7, 11) is 0. The van der Waals surface area contributed by atoms with Gasteiger partial charge in [-0.1, -0.05) is 6.07 Å². The van der Waals surface area contributed by atoms with Crippen LogP contribution in [0.1, 0.15) is 17.4 Å². The van der Waals surface area contributed by atoms with E-state index in [1.54, 1.807) is 25.4 Å². The Morgan fingerprint density at radius 1 is 1.37 bits per heavy atom. The molecule has 1 aliphatic rings. The van der Waals surface area contributed by atoms with Gasteiger partial charge in [0.1, 0.15) is 5.82 Å². The van der Waals surface area contributed by atoms with Gasteiger partial charge in [0.05, 0.1) is 17.9 Å². The number of nitrogens with one attached hydrogen (secondary N) is 2. The fourth-order valence-electron chi connectivity index (χ4n) is 3.42. The summed E-state index contributed by atoms with van der Waals surface area (Å²) >= 11 is 0. The number of anilines is 1. The predicted molar refractivity (Wildman–Crippen MR) is 111 cm³/mol. The van der Waals surface area contributed by atoms with Crippen molar-refractivity contribution >= 4 is 24.0 Å². The number of piperazine rings is 1. The van der Waals surface area contributed by atoms with Gasteiger partial charge in [0.2, 0.25) is 5.91 Å². The number of aryl methyl sites for hydroxylation is 1. The van der Waals surface area contributed by atoms with Crippen LogP contribution in [0.2, 0.25) is 0 Å². The lowest BCUT2D eigenvalue weighted by Gasteiger charge is -2.35. The summed E-state index contributed by atoms with van der Waals surface area (Å²) in [5.74, 6) is -0.240. The number of halogens is 2. The van der Waals surface area contributed by atoms with Crippen molar-refractivity contribution in [2.24, 2.45) is 0 Å². The number of pyridine rings is 1. The van der Waals surface area contributed by atoms with E-state index in [1.807, 2.05) is 12.1 Å². The molecule has 9 nitrogen and oxygen atoms in total. The van der Waals surface area contributed by atoms with Gasteiger partial charge < -0.3 is 10.6 Å². The van der Waals surface area contributed by atoms with Crippen LogP contribution in [0.4, 0.5) is 10.1 Å². The summed E-state index contributed by atoms with van der Waals surface area (Å²) < 4.78 is 15.8. The number of nitrogens with zero attached hydrogens (tertiary/aromatic N) is 6. The molecule has 1 amide bonds. The number of hydrogen-bond acceptors (Lipinski definition) is 7. The maximum absolute atomic E-state index is 14.3. The van der Waals surface area contributed by atoms with Crippen LogP contribution in [-0.4, -0.2) is 62.2 Å². The predicted octanol–water partition coefficient (Wildman–Crippen LogP) is 1.51. The van der Waals surface area contributed by atoms with Crippen molar-refractivity contribution in [1.29, 1.82) is 0 Å². The maximum Gasteiger partial charge on any atom is 0.238 e. The van der Waals surface area contributed by atoms with Gasteiger partial charge in [-0.25, -0.2) is 4.39 Å². The molecule has 2 aromatic heterocycles. The Bertz CT molecular complexity index is 999. The zero-order valence-electron chi connectivity index (χ0n) is 16.3. The molecular formula is C19H22ClFN8O. The van der Waals surface area contributed by atoms with Gasteiger partial charge in [0.25, 0.3) is 0 Å². The molecule has 0 aliphatic carbocycles. The summed E-state index contributed by atoms with van der Waals surface area (Å²) in [4.78, 5) is 18.9. The van der Waals surface area contributed by atoms with E-state index in [1.165, 1.54) is 16.8 Å². The lowest BCUT2D eigenvalue weighted by atomic mass is 10.1. The molecule has 1 unspecified atom stereocenters. The number of rotatable bonds is 5. The van der Waals surface area contributed by atoms with Crippen LogP contribution in [0, 0.1) is 12.7 Å². The van der Waals surface area contributed by atoms with Gasteiger partial charge in [-0.15, -0.1) is 17.5 Å². The largest absolute Gasteiger partial charge is 0.322 e. The molecule has 1 aromatic carbocycles. The second-order valence-corrected chi connectivity index (χ2v) is 6.83. The van der Waals surface area contributed by atoms with E-state index in [0.29, 0.717) is 18.1 Å². The second-order valence-electron chi connectivity index (χ2n) is 6.83. The Morgan fingerprint density at radius 3 is 2.97 bits per heavy atom. The molecule has 0 saturated carbocycles. The number of aromatic nitrogens is 5. The van der Waals surface area contributed by atoms with Crippen molar-refractivity contribution in [2.75, 3.05) is 31.5 Å². The number of carbonyl (C=O) groups is 1. The van der Waals surface area contributed by atoms with Gasteiger partial charge in [-0.2, -0.15) is 4.68 Å². The Balaban J connectivity index is 0.00000256. The Morgan fingerprint density at radius 2 is 2.23 bits per heavy atom. The second kappa shape index (κ2) is 9.70. The standard InChI is InChI=1S/C19H21FN8O.ClH/c1-13-24-25-26-28(13)15-4-5-16(20)17(9-15)23-19(29)12-27-8-7-22-11-18(27)14-3-2-6-21-10-14;/h2-6,9-10,18,22H,7-8,11-12H2,1H3,(H,23,29);1H. The first-order valence-corrected chi connectivity index (χ1v) is 9.31. The molecule has 1 aliphatic heterocycles. The number of carbonyl (C=O) groups excluding carboxylic acids is 1. The van der Waals surface area contributed by atoms with Crippen molar-refractivity contribution in [1.82, 2.24) is 35.4 Å². The highest BCUT2D eigenvalue weighted by molar-refractivity contribution is 5.92. The minimum absolute atomic E-state index is 0. The monoisotopic (exact) mass is 432 g/mol. The van der Waals surface area contributed by atoms with Gasteiger partial charge in [0, 0.05) is 38.1 Å². The maximum atomic E-state index is 14.3. The van der Waals surface area contributed by atoms with E-state index in [2.05, 4.69) is 36.0 Å². The van der Waals surface area contributed by atoms with Crippen LogP contribution in [0.5, 0.6) is 0 Å². The molecule has 158 valence electrons. The van der Waals surface area contributed by atoms with Gasteiger partial charge in [0.15, 0.2) is 5.82 Å². The number of amides is 1. The SMILES string of the molecule is Cc1nnnn1-c1ccc(F)c(NC(=O)CN2CCNCC2c2cccnc2)c1.Cl. The van der Waals surface area contributed by atoms with Crippen molar-refractivity contribution < 1.29 is 9.18 Å². The van der Waals surface area contributed by atoms with E-state index in [0.717, 1.165) is 18.7 Å². The summed E-state index contributed by atoms with van der Waals surface area (Å²) in [6.45, 7) is 4.10. The first-order valence-electron chi connectivity index (χ1n) is 9.31. The minimum atomic E-state index is -0.517. The number of hydrogen-bond donors (Lipinski definition) is 2. The third-order valence-electron chi connectivity index (χ3n) is 4.86. The molecule has 11 heteroatoms. The molecule has 4 rings (SSSR count). The van der Waals surface area contributed by atoms with Gasteiger partial charge >= 0.3 is 0 Å². The zero-order valence-corrected chi connectivity index (χ0v) is 17.1. The highest BCUT2D eigenvalue weighted by Gasteiger charge is 2.26.